The zero-order valence-electron chi connectivity index (χ0n) is 12.2. The van der Waals surface area contributed by atoms with Crippen LogP contribution in [0, 0.1) is 12.8 Å². The van der Waals surface area contributed by atoms with Crippen LogP contribution in [0.25, 0.3) is 0 Å². The number of amides is 2. The van der Waals surface area contributed by atoms with E-state index in [1.54, 1.807) is 0 Å². The SMILES string of the molecule is Cc1ccccc1OCCNC(=O)N[C@@H]1C=C[C@H](CO)C1. The molecule has 0 saturated carbocycles. The third kappa shape index (κ3) is 4.79. The fourth-order valence-electron chi connectivity index (χ4n) is 2.28. The topological polar surface area (TPSA) is 70.6 Å². The van der Waals surface area contributed by atoms with Gasteiger partial charge in [-0.15, -0.1) is 0 Å². The molecule has 21 heavy (non-hydrogen) atoms. The van der Waals surface area contributed by atoms with E-state index in [1.165, 1.54) is 0 Å². The number of urea groups is 1. The van der Waals surface area contributed by atoms with E-state index >= 15 is 0 Å². The van der Waals surface area contributed by atoms with E-state index in [0.29, 0.717) is 13.2 Å². The van der Waals surface area contributed by atoms with Crippen LogP contribution in [0.3, 0.4) is 0 Å². The molecule has 114 valence electrons. The Hall–Kier alpha value is -2.01. The van der Waals surface area contributed by atoms with Gasteiger partial charge in [-0.3, -0.25) is 0 Å². The molecule has 0 radical (unpaired) electrons. The summed E-state index contributed by atoms with van der Waals surface area (Å²) in [5.74, 6) is 0.990. The molecular formula is C16H22N2O3. The van der Waals surface area contributed by atoms with Crippen LogP contribution in [0.2, 0.25) is 0 Å². The first-order chi connectivity index (χ1) is 10.2. The van der Waals surface area contributed by atoms with Gasteiger partial charge >= 0.3 is 6.03 Å². The number of carbonyl (C=O) groups excluding carboxylic acids is 1. The van der Waals surface area contributed by atoms with Gasteiger partial charge in [0.15, 0.2) is 0 Å². The minimum atomic E-state index is -0.211. The summed E-state index contributed by atoms with van der Waals surface area (Å²) in [7, 11) is 0. The Morgan fingerprint density at radius 3 is 2.90 bits per heavy atom. The summed E-state index contributed by atoms with van der Waals surface area (Å²) in [5.41, 5.74) is 1.08. The van der Waals surface area contributed by atoms with Gasteiger partial charge in [-0.1, -0.05) is 30.4 Å². The molecule has 0 saturated heterocycles. The highest BCUT2D eigenvalue weighted by atomic mass is 16.5. The van der Waals surface area contributed by atoms with E-state index < -0.39 is 0 Å². The van der Waals surface area contributed by atoms with Crippen molar-refractivity contribution < 1.29 is 14.6 Å². The van der Waals surface area contributed by atoms with Crippen LogP contribution < -0.4 is 15.4 Å². The van der Waals surface area contributed by atoms with Crippen molar-refractivity contribution in [3.05, 3.63) is 42.0 Å². The summed E-state index contributed by atoms with van der Waals surface area (Å²) in [5, 5.41) is 14.6. The highest BCUT2D eigenvalue weighted by molar-refractivity contribution is 5.74. The number of hydrogen-bond acceptors (Lipinski definition) is 3. The number of nitrogens with one attached hydrogen (secondary N) is 2. The number of hydrogen-bond donors (Lipinski definition) is 3. The van der Waals surface area contributed by atoms with E-state index in [-0.39, 0.29) is 24.6 Å². The Balaban J connectivity index is 1.62. The van der Waals surface area contributed by atoms with Gasteiger partial charge in [0.1, 0.15) is 12.4 Å². The third-order valence-corrected chi connectivity index (χ3v) is 3.46. The molecule has 1 aliphatic rings. The number of ether oxygens (including phenoxy) is 1. The van der Waals surface area contributed by atoms with Crippen LogP contribution in [-0.4, -0.2) is 36.9 Å². The van der Waals surface area contributed by atoms with Gasteiger partial charge in [-0.25, -0.2) is 4.79 Å². The van der Waals surface area contributed by atoms with Crippen molar-refractivity contribution in [1.82, 2.24) is 10.6 Å². The maximum atomic E-state index is 11.7. The van der Waals surface area contributed by atoms with Crippen molar-refractivity contribution in [1.29, 1.82) is 0 Å². The molecule has 2 atom stereocenters. The second kappa shape index (κ2) is 7.69. The Bertz CT molecular complexity index is 502. The van der Waals surface area contributed by atoms with Gasteiger partial charge in [0.25, 0.3) is 0 Å². The molecule has 1 aliphatic carbocycles. The maximum absolute atomic E-state index is 11.7. The summed E-state index contributed by atoms with van der Waals surface area (Å²) in [6.07, 6.45) is 4.61. The standard InChI is InChI=1S/C16H22N2O3/c1-12-4-2-3-5-15(12)21-9-8-17-16(20)18-14-7-6-13(10-14)11-19/h2-7,13-14,19H,8-11H2,1H3,(H2,17,18,20)/t13-,14+/m0/s1. The van der Waals surface area contributed by atoms with Crippen molar-refractivity contribution in [3.8, 4) is 5.75 Å². The van der Waals surface area contributed by atoms with Crippen molar-refractivity contribution in [2.45, 2.75) is 19.4 Å². The lowest BCUT2D eigenvalue weighted by Crippen LogP contribution is -2.42. The van der Waals surface area contributed by atoms with E-state index in [1.807, 2.05) is 43.3 Å². The van der Waals surface area contributed by atoms with E-state index in [9.17, 15) is 4.79 Å². The predicted molar refractivity (Wildman–Crippen MR) is 81.3 cm³/mol. The molecule has 5 heteroatoms. The Morgan fingerprint density at radius 2 is 2.19 bits per heavy atom. The van der Waals surface area contributed by atoms with Gasteiger partial charge in [-0.2, -0.15) is 0 Å². The van der Waals surface area contributed by atoms with E-state index in [2.05, 4.69) is 10.6 Å². The molecule has 5 nitrogen and oxygen atoms in total. The van der Waals surface area contributed by atoms with Crippen molar-refractivity contribution in [2.24, 2.45) is 5.92 Å². The summed E-state index contributed by atoms with van der Waals surface area (Å²) in [6.45, 7) is 2.98. The first kappa shape index (κ1) is 15.4. The molecular weight excluding hydrogens is 268 g/mol. The van der Waals surface area contributed by atoms with Crippen molar-refractivity contribution >= 4 is 6.03 Å². The first-order valence-corrected chi connectivity index (χ1v) is 7.21. The molecule has 1 aromatic rings. The van der Waals surface area contributed by atoms with Gasteiger partial charge in [0.05, 0.1) is 6.54 Å². The zero-order valence-corrected chi connectivity index (χ0v) is 12.2. The highest BCUT2D eigenvalue weighted by Gasteiger charge is 2.19. The molecule has 0 fully saturated rings. The third-order valence-electron chi connectivity index (χ3n) is 3.46. The monoisotopic (exact) mass is 290 g/mol. The first-order valence-electron chi connectivity index (χ1n) is 7.21. The molecule has 0 aliphatic heterocycles. The summed E-state index contributed by atoms with van der Waals surface area (Å²) in [4.78, 5) is 11.7. The number of benzene rings is 1. The van der Waals surface area contributed by atoms with Crippen LogP contribution in [0.5, 0.6) is 5.75 Å². The number of rotatable bonds is 6. The molecule has 0 spiro atoms. The molecule has 0 bridgehead atoms. The van der Waals surface area contributed by atoms with Crippen molar-refractivity contribution in [2.75, 3.05) is 19.8 Å². The summed E-state index contributed by atoms with van der Waals surface area (Å²) in [6, 6.07) is 7.57. The minimum absolute atomic E-state index is 0.000522. The van der Waals surface area contributed by atoms with Gasteiger partial charge in [0, 0.05) is 18.6 Å². The van der Waals surface area contributed by atoms with Gasteiger partial charge < -0.3 is 20.5 Å². The molecule has 0 aromatic heterocycles. The largest absolute Gasteiger partial charge is 0.491 e. The minimum Gasteiger partial charge on any atom is -0.491 e. The second-order valence-corrected chi connectivity index (χ2v) is 5.18. The predicted octanol–water partition coefficient (Wildman–Crippen LogP) is 1.61. The fraction of sp³-hybridized carbons (Fsp3) is 0.438. The number of aliphatic hydroxyl groups excluding tert-OH is 1. The summed E-state index contributed by atoms with van der Waals surface area (Å²) >= 11 is 0. The van der Waals surface area contributed by atoms with Crippen LogP contribution in [0.15, 0.2) is 36.4 Å². The van der Waals surface area contributed by atoms with Crippen LogP contribution in [0.4, 0.5) is 4.79 Å². The van der Waals surface area contributed by atoms with E-state index in [4.69, 9.17) is 9.84 Å². The normalized spacial score (nSPS) is 20.3. The lowest BCUT2D eigenvalue weighted by Gasteiger charge is -2.14. The molecule has 3 N–H and O–H groups in total. The Morgan fingerprint density at radius 1 is 1.38 bits per heavy atom. The number of aliphatic hydroxyl groups is 1. The quantitative estimate of drug-likeness (QED) is 0.550. The second-order valence-electron chi connectivity index (χ2n) is 5.18. The maximum Gasteiger partial charge on any atom is 0.315 e. The van der Waals surface area contributed by atoms with E-state index in [0.717, 1.165) is 17.7 Å². The molecule has 0 unspecified atom stereocenters. The fourth-order valence-corrected chi connectivity index (χ4v) is 2.28. The lowest BCUT2D eigenvalue weighted by atomic mass is 10.1. The zero-order chi connectivity index (χ0) is 15.1. The number of para-hydroxylation sites is 1. The highest BCUT2D eigenvalue weighted by Crippen LogP contribution is 2.17. The van der Waals surface area contributed by atoms with Gasteiger partial charge in [0.2, 0.25) is 0 Å². The van der Waals surface area contributed by atoms with Crippen LogP contribution in [0.1, 0.15) is 12.0 Å². The summed E-state index contributed by atoms with van der Waals surface area (Å²) < 4.78 is 5.60. The molecule has 1 aromatic carbocycles. The average Bonchev–Trinajstić information content (AvgIpc) is 2.93. The Labute approximate surface area is 125 Å². The van der Waals surface area contributed by atoms with Crippen molar-refractivity contribution in [3.63, 3.8) is 0 Å². The average molecular weight is 290 g/mol. The smallest absolute Gasteiger partial charge is 0.315 e. The lowest BCUT2D eigenvalue weighted by molar-refractivity contribution is 0.228. The number of aryl methyl sites for hydroxylation is 1. The van der Waals surface area contributed by atoms with Crippen LogP contribution in [-0.2, 0) is 0 Å². The Kier molecular flexibility index (Phi) is 5.63. The number of carbonyl (C=O) groups is 1. The molecule has 0 heterocycles. The van der Waals surface area contributed by atoms with Gasteiger partial charge in [-0.05, 0) is 25.0 Å². The van der Waals surface area contributed by atoms with Crippen LogP contribution >= 0.6 is 0 Å². The molecule has 2 rings (SSSR count). The molecule has 2 amide bonds.